The van der Waals surface area contributed by atoms with Crippen LogP contribution in [0.3, 0.4) is 0 Å². The number of anilines is 1. The summed E-state index contributed by atoms with van der Waals surface area (Å²) in [6.07, 6.45) is 4.93. The van der Waals surface area contributed by atoms with Crippen LogP contribution in [0.5, 0.6) is 0 Å². The van der Waals surface area contributed by atoms with Crippen molar-refractivity contribution in [2.45, 2.75) is 37.0 Å². The predicted molar refractivity (Wildman–Crippen MR) is 134 cm³/mol. The first-order valence-electron chi connectivity index (χ1n) is 12.5. The van der Waals surface area contributed by atoms with Crippen LogP contribution in [0.1, 0.15) is 41.6 Å². The Morgan fingerprint density at radius 1 is 0.657 bits per heavy atom. The maximum Gasteiger partial charge on any atom is 0.320 e. The lowest BCUT2D eigenvalue weighted by Crippen LogP contribution is -2.54. The van der Waals surface area contributed by atoms with Gasteiger partial charge in [-0.2, -0.15) is 0 Å². The third-order valence-corrected chi connectivity index (χ3v) is 9.05. The maximum atomic E-state index is 13.4. The highest BCUT2D eigenvalue weighted by Crippen LogP contribution is 2.31. The van der Waals surface area contributed by atoms with Crippen molar-refractivity contribution in [1.82, 2.24) is 14.7 Å². The molecule has 0 aromatic heterocycles. The fourth-order valence-corrected chi connectivity index (χ4v) is 6.76. The fourth-order valence-electron chi connectivity index (χ4n) is 5.21. The summed E-state index contributed by atoms with van der Waals surface area (Å²) in [5, 5.41) is 0. The third-order valence-electron chi connectivity index (χ3n) is 7.22. The van der Waals surface area contributed by atoms with Gasteiger partial charge in [0.05, 0.1) is 10.6 Å². The van der Waals surface area contributed by atoms with Gasteiger partial charge < -0.3 is 14.7 Å². The summed E-state index contributed by atoms with van der Waals surface area (Å²) in [6.45, 7) is 4.06. The van der Waals surface area contributed by atoms with Gasteiger partial charge in [0.25, 0.3) is 15.9 Å². The molecule has 0 radical (unpaired) electrons. The predicted octanol–water partition coefficient (Wildman–Crippen LogP) is 3.19. The lowest BCUT2D eigenvalue weighted by atomic mass is 10.0. The third kappa shape index (κ3) is 4.74. The summed E-state index contributed by atoms with van der Waals surface area (Å²) in [5.74, 6) is -0.137. The van der Waals surface area contributed by atoms with Crippen LogP contribution in [0, 0.1) is 0 Å². The smallest absolute Gasteiger partial charge is 0.320 e. The van der Waals surface area contributed by atoms with E-state index in [4.69, 9.17) is 0 Å². The summed E-state index contributed by atoms with van der Waals surface area (Å²) < 4.78 is 28.2. The minimum Gasteiger partial charge on any atom is -0.335 e. The summed E-state index contributed by atoms with van der Waals surface area (Å²) >= 11 is 0. The Bertz CT molecular complexity index is 1180. The minimum absolute atomic E-state index is 0.0747. The van der Waals surface area contributed by atoms with Crippen molar-refractivity contribution < 1.29 is 18.0 Å². The number of hydrogen-bond donors (Lipinski definition) is 0. The van der Waals surface area contributed by atoms with E-state index in [-0.39, 0.29) is 16.8 Å². The number of piperazine rings is 1. The summed E-state index contributed by atoms with van der Waals surface area (Å²) in [4.78, 5) is 31.5. The first kappa shape index (κ1) is 23.7. The number of urea groups is 1. The fraction of sp³-hybridized carbons (Fsp3) is 0.462. The summed E-state index contributed by atoms with van der Waals surface area (Å²) in [6, 6.07) is 13.9. The number of piperidine rings is 1. The van der Waals surface area contributed by atoms with Crippen molar-refractivity contribution in [3.63, 3.8) is 0 Å². The molecule has 0 unspecified atom stereocenters. The second-order valence-corrected chi connectivity index (χ2v) is 11.3. The molecule has 3 aliphatic rings. The molecule has 0 bridgehead atoms. The average Bonchev–Trinajstić information content (AvgIpc) is 2.92. The quantitative estimate of drug-likeness (QED) is 0.654. The molecule has 9 heteroatoms. The van der Waals surface area contributed by atoms with Crippen molar-refractivity contribution in [2.75, 3.05) is 50.1 Å². The number of carbonyl (C=O) groups excluding carboxylic acids is 2. The maximum absolute atomic E-state index is 13.4. The van der Waals surface area contributed by atoms with Crippen molar-refractivity contribution in [3.8, 4) is 0 Å². The van der Waals surface area contributed by atoms with Gasteiger partial charge in [0.15, 0.2) is 0 Å². The first-order chi connectivity index (χ1) is 16.9. The molecule has 0 aliphatic carbocycles. The van der Waals surface area contributed by atoms with Crippen LogP contribution in [0.4, 0.5) is 10.5 Å². The normalized spacial score (nSPS) is 18.9. The second-order valence-electron chi connectivity index (χ2n) is 9.44. The lowest BCUT2D eigenvalue weighted by molar-refractivity contribution is 0.0633. The number of carbonyl (C=O) groups is 2. The summed E-state index contributed by atoms with van der Waals surface area (Å²) in [5.41, 5.74) is 2.22. The van der Waals surface area contributed by atoms with E-state index in [0.29, 0.717) is 38.3 Å². The van der Waals surface area contributed by atoms with Crippen LogP contribution in [-0.2, 0) is 16.4 Å². The molecule has 3 amide bonds. The molecule has 0 N–H and O–H groups in total. The zero-order chi connectivity index (χ0) is 24.4. The second kappa shape index (κ2) is 9.89. The summed E-state index contributed by atoms with van der Waals surface area (Å²) in [7, 11) is -3.71. The van der Waals surface area contributed by atoms with E-state index in [9.17, 15) is 18.0 Å². The molecule has 186 valence electrons. The van der Waals surface area contributed by atoms with Crippen molar-refractivity contribution in [2.24, 2.45) is 0 Å². The van der Waals surface area contributed by atoms with E-state index in [1.165, 1.54) is 22.9 Å². The van der Waals surface area contributed by atoms with Crippen LogP contribution >= 0.6 is 0 Å². The standard InChI is InChI=1S/C26H32N4O4S/c31-25(27-17-19-29(20-18-27)26(32)28-14-4-1-5-15-28)22-10-12-23(13-11-22)35(33,34)30-16-6-8-21-7-2-3-9-24(21)30/h2-3,7,9-13H,1,4-6,8,14-20H2. The first-order valence-corrected chi connectivity index (χ1v) is 13.9. The number of benzene rings is 2. The van der Waals surface area contributed by atoms with Crippen molar-refractivity contribution in [3.05, 3.63) is 59.7 Å². The van der Waals surface area contributed by atoms with E-state index in [1.807, 2.05) is 34.1 Å². The van der Waals surface area contributed by atoms with E-state index >= 15 is 0 Å². The van der Waals surface area contributed by atoms with Gasteiger partial charge >= 0.3 is 6.03 Å². The van der Waals surface area contributed by atoms with E-state index < -0.39 is 10.0 Å². The molecule has 2 aromatic carbocycles. The lowest BCUT2D eigenvalue weighted by Gasteiger charge is -2.38. The molecule has 2 aromatic rings. The number of hydrogen-bond acceptors (Lipinski definition) is 4. The highest BCUT2D eigenvalue weighted by Gasteiger charge is 2.30. The van der Waals surface area contributed by atoms with Gasteiger partial charge in [-0.3, -0.25) is 9.10 Å². The number of sulfonamides is 1. The zero-order valence-electron chi connectivity index (χ0n) is 19.9. The van der Waals surface area contributed by atoms with Gasteiger partial charge in [-0.1, -0.05) is 18.2 Å². The number of rotatable bonds is 3. The monoisotopic (exact) mass is 496 g/mol. The van der Waals surface area contributed by atoms with Crippen LogP contribution in [0.25, 0.3) is 0 Å². The van der Waals surface area contributed by atoms with E-state index in [0.717, 1.165) is 50.0 Å². The zero-order valence-corrected chi connectivity index (χ0v) is 20.8. The topological polar surface area (TPSA) is 81.2 Å². The number of nitrogens with zero attached hydrogens (tertiary/aromatic N) is 4. The number of para-hydroxylation sites is 1. The highest BCUT2D eigenvalue weighted by molar-refractivity contribution is 7.92. The molecule has 0 atom stereocenters. The Kier molecular flexibility index (Phi) is 6.69. The molecule has 0 spiro atoms. The van der Waals surface area contributed by atoms with Crippen molar-refractivity contribution in [1.29, 1.82) is 0 Å². The molecule has 2 fully saturated rings. The molecule has 35 heavy (non-hydrogen) atoms. The van der Waals surface area contributed by atoms with Gasteiger partial charge in [-0.25, -0.2) is 13.2 Å². The van der Waals surface area contributed by atoms with Gasteiger partial charge in [0.1, 0.15) is 0 Å². The Balaban J connectivity index is 1.23. The molecule has 3 heterocycles. The minimum atomic E-state index is -3.71. The number of amides is 3. The van der Waals surface area contributed by atoms with Gasteiger partial charge in [-0.05, 0) is 68.0 Å². The van der Waals surface area contributed by atoms with Gasteiger partial charge in [0.2, 0.25) is 0 Å². The number of fused-ring (bicyclic) bond motifs is 1. The average molecular weight is 497 g/mol. The Labute approximate surface area is 207 Å². The molecule has 0 saturated carbocycles. The van der Waals surface area contributed by atoms with Crippen LogP contribution in [0.2, 0.25) is 0 Å². The SMILES string of the molecule is O=C(c1ccc(S(=O)(=O)N2CCCc3ccccc32)cc1)N1CCN(C(=O)N2CCCCC2)CC1. The highest BCUT2D eigenvalue weighted by atomic mass is 32.2. The molecule has 5 rings (SSSR count). The van der Waals surface area contributed by atoms with Crippen molar-refractivity contribution >= 4 is 27.6 Å². The molecule has 2 saturated heterocycles. The number of likely N-dealkylation sites (tertiary alicyclic amines) is 1. The number of aryl methyl sites for hydroxylation is 1. The Morgan fingerprint density at radius 3 is 2.00 bits per heavy atom. The van der Waals surface area contributed by atoms with Gasteiger partial charge in [0, 0.05) is 51.4 Å². The largest absolute Gasteiger partial charge is 0.335 e. The van der Waals surface area contributed by atoms with Crippen LogP contribution in [-0.4, -0.2) is 80.9 Å². The Hall–Kier alpha value is -3.07. The molecular formula is C26H32N4O4S. The molecule has 8 nitrogen and oxygen atoms in total. The molecular weight excluding hydrogens is 464 g/mol. The van der Waals surface area contributed by atoms with E-state index in [2.05, 4.69) is 0 Å². The Morgan fingerprint density at radius 2 is 1.29 bits per heavy atom. The molecule has 3 aliphatic heterocycles. The van der Waals surface area contributed by atoms with Crippen LogP contribution in [0.15, 0.2) is 53.4 Å². The van der Waals surface area contributed by atoms with Gasteiger partial charge in [-0.15, -0.1) is 0 Å². The van der Waals surface area contributed by atoms with Crippen LogP contribution < -0.4 is 4.31 Å². The van der Waals surface area contributed by atoms with E-state index in [1.54, 1.807) is 17.0 Å².